The van der Waals surface area contributed by atoms with Crippen LogP contribution in [0, 0.1) is 18.8 Å². The van der Waals surface area contributed by atoms with E-state index in [1.807, 2.05) is 6.92 Å². The number of benzene rings is 1. The summed E-state index contributed by atoms with van der Waals surface area (Å²) < 4.78 is 6.02. The van der Waals surface area contributed by atoms with Crippen molar-refractivity contribution in [1.29, 1.82) is 0 Å². The molecule has 1 aliphatic heterocycles. The fraction of sp³-hybridized carbons (Fsp3) is 0.647. The molecule has 1 aliphatic rings. The van der Waals surface area contributed by atoms with Gasteiger partial charge in [0.15, 0.2) is 0 Å². The van der Waals surface area contributed by atoms with Crippen molar-refractivity contribution in [3.63, 3.8) is 0 Å². The molecule has 3 heteroatoms. The van der Waals surface area contributed by atoms with Crippen LogP contribution in [0.25, 0.3) is 0 Å². The molecule has 2 nitrogen and oxygen atoms in total. The highest BCUT2D eigenvalue weighted by Crippen LogP contribution is 2.41. The monoisotopic (exact) mass is 295 g/mol. The SMILES string of the molecule is CCNC(c1ccc(C)c(Cl)c1)C1C(C)OC(C)C1C. The first-order valence-electron chi connectivity index (χ1n) is 7.60. The van der Waals surface area contributed by atoms with Gasteiger partial charge in [-0.2, -0.15) is 0 Å². The normalized spacial score (nSPS) is 31.5. The van der Waals surface area contributed by atoms with Gasteiger partial charge in [0.2, 0.25) is 0 Å². The summed E-state index contributed by atoms with van der Waals surface area (Å²) in [5.41, 5.74) is 2.40. The van der Waals surface area contributed by atoms with Crippen LogP contribution in [0.4, 0.5) is 0 Å². The van der Waals surface area contributed by atoms with E-state index in [0.29, 0.717) is 24.0 Å². The van der Waals surface area contributed by atoms with Gasteiger partial charge in [-0.05, 0) is 50.4 Å². The van der Waals surface area contributed by atoms with Gasteiger partial charge in [0.25, 0.3) is 0 Å². The zero-order valence-corrected chi connectivity index (χ0v) is 13.9. The van der Waals surface area contributed by atoms with Gasteiger partial charge < -0.3 is 10.1 Å². The fourth-order valence-corrected chi connectivity index (χ4v) is 3.56. The van der Waals surface area contributed by atoms with Crippen molar-refractivity contribution in [2.45, 2.75) is 52.9 Å². The number of hydrogen-bond donors (Lipinski definition) is 1. The molecule has 0 saturated carbocycles. The summed E-state index contributed by atoms with van der Waals surface area (Å²) in [5, 5.41) is 4.48. The van der Waals surface area contributed by atoms with E-state index in [-0.39, 0.29) is 6.10 Å². The van der Waals surface area contributed by atoms with Crippen LogP contribution in [-0.4, -0.2) is 18.8 Å². The Labute approximate surface area is 127 Å². The summed E-state index contributed by atoms with van der Waals surface area (Å²) in [6, 6.07) is 6.70. The van der Waals surface area contributed by atoms with Crippen molar-refractivity contribution in [1.82, 2.24) is 5.32 Å². The van der Waals surface area contributed by atoms with Crippen LogP contribution in [0.1, 0.15) is 44.9 Å². The molecule has 1 fully saturated rings. The molecule has 5 atom stereocenters. The van der Waals surface area contributed by atoms with E-state index >= 15 is 0 Å². The summed E-state index contributed by atoms with van der Waals surface area (Å²) in [6.45, 7) is 11.8. The minimum atomic E-state index is 0.268. The molecule has 0 aliphatic carbocycles. The van der Waals surface area contributed by atoms with Gasteiger partial charge in [-0.3, -0.25) is 0 Å². The average Bonchev–Trinajstić information content (AvgIpc) is 2.65. The van der Waals surface area contributed by atoms with Crippen LogP contribution < -0.4 is 5.32 Å². The van der Waals surface area contributed by atoms with Crippen molar-refractivity contribution in [2.24, 2.45) is 11.8 Å². The Balaban J connectivity index is 2.33. The maximum absolute atomic E-state index is 6.31. The lowest BCUT2D eigenvalue weighted by atomic mass is 9.80. The molecular formula is C17H26ClNO. The van der Waals surface area contributed by atoms with Crippen LogP contribution in [-0.2, 0) is 4.74 Å². The van der Waals surface area contributed by atoms with E-state index in [1.54, 1.807) is 0 Å². The summed E-state index contributed by atoms with van der Waals surface area (Å²) in [5.74, 6) is 1.01. The van der Waals surface area contributed by atoms with Gasteiger partial charge >= 0.3 is 0 Å². The topological polar surface area (TPSA) is 21.3 Å². The minimum Gasteiger partial charge on any atom is -0.375 e. The molecule has 1 N–H and O–H groups in total. The van der Waals surface area contributed by atoms with Gasteiger partial charge in [-0.1, -0.05) is 37.6 Å². The predicted octanol–water partition coefficient (Wildman–Crippen LogP) is 4.36. The van der Waals surface area contributed by atoms with Gasteiger partial charge in [0.05, 0.1) is 12.2 Å². The molecule has 1 aromatic rings. The van der Waals surface area contributed by atoms with Gasteiger partial charge in [0, 0.05) is 17.0 Å². The standard InChI is InChI=1S/C17H26ClNO/c1-6-19-17(14-8-7-10(2)15(18)9-14)16-11(3)12(4)20-13(16)5/h7-9,11-13,16-17,19H,6H2,1-5H3. The Morgan fingerprint density at radius 1 is 1.25 bits per heavy atom. The lowest BCUT2D eigenvalue weighted by Crippen LogP contribution is -2.35. The number of rotatable bonds is 4. The van der Waals surface area contributed by atoms with E-state index < -0.39 is 0 Å². The quantitative estimate of drug-likeness (QED) is 0.891. The van der Waals surface area contributed by atoms with Gasteiger partial charge in [-0.15, -0.1) is 0 Å². The average molecular weight is 296 g/mol. The summed E-state index contributed by atoms with van der Waals surface area (Å²) in [4.78, 5) is 0. The Bertz CT molecular complexity index is 462. The summed E-state index contributed by atoms with van der Waals surface area (Å²) in [7, 11) is 0. The fourth-order valence-electron chi connectivity index (χ4n) is 3.37. The Kier molecular flexibility index (Phi) is 5.11. The number of halogens is 1. The van der Waals surface area contributed by atoms with E-state index in [4.69, 9.17) is 16.3 Å². The largest absolute Gasteiger partial charge is 0.375 e. The third-order valence-electron chi connectivity index (χ3n) is 4.68. The number of aryl methyl sites for hydroxylation is 1. The lowest BCUT2D eigenvalue weighted by molar-refractivity contribution is 0.0476. The smallest absolute Gasteiger partial charge is 0.0600 e. The van der Waals surface area contributed by atoms with Crippen LogP contribution >= 0.6 is 11.6 Å². The molecule has 1 saturated heterocycles. The minimum absolute atomic E-state index is 0.268. The highest BCUT2D eigenvalue weighted by molar-refractivity contribution is 6.31. The molecule has 0 bridgehead atoms. The number of ether oxygens (including phenoxy) is 1. The van der Waals surface area contributed by atoms with Crippen molar-refractivity contribution in [2.75, 3.05) is 6.54 Å². The molecule has 1 aromatic carbocycles. The molecule has 0 aromatic heterocycles. The highest BCUT2D eigenvalue weighted by atomic mass is 35.5. The molecule has 2 rings (SSSR count). The van der Waals surface area contributed by atoms with E-state index in [1.165, 1.54) is 5.56 Å². The number of hydrogen-bond acceptors (Lipinski definition) is 2. The van der Waals surface area contributed by atoms with Gasteiger partial charge in [-0.25, -0.2) is 0 Å². The van der Waals surface area contributed by atoms with E-state index in [2.05, 4.69) is 51.2 Å². The third-order valence-corrected chi connectivity index (χ3v) is 5.09. The maximum Gasteiger partial charge on any atom is 0.0600 e. The van der Waals surface area contributed by atoms with E-state index in [0.717, 1.165) is 17.1 Å². The lowest BCUT2D eigenvalue weighted by Gasteiger charge is -2.30. The molecule has 0 amide bonds. The second-order valence-corrected chi connectivity index (χ2v) is 6.43. The summed E-state index contributed by atoms with van der Waals surface area (Å²) >= 11 is 6.31. The Morgan fingerprint density at radius 2 is 1.95 bits per heavy atom. The molecular weight excluding hydrogens is 270 g/mol. The highest BCUT2D eigenvalue weighted by Gasteiger charge is 2.41. The zero-order valence-electron chi connectivity index (χ0n) is 13.1. The van der Waals surface area contributed by atoms with Crippen molar-refractivity contribution >= 4 is 11.6 Å². The van der Waals surface area contributed by atoms with Crippen LogP contribution in [0.2, 0.25) is 5.02 Å². The maximum atomic E-state index is 6.31. The third kappa shape index (κ3) is 3.03. The molecule has 1 heterocycles. The summed E-state index contributed by atoms with van der Waals surface area (Å²) in [6.07, 6.45) is 0.584. The second-order valence-electron chi connectivity index (χ2n) is 6.03. The van der Waals surface area contributed by atoms with Crippen molar-refractivity contribution in [3.05, 3.63) is 34.3 Å². The first-order chi connectivity index (χ1) is 9.45. The number of nitrogens with one attached hydrogen (secondary N) is 1. The molecule has 20 heavy (non-hydrogen) atoms. The molecule has 0 radical (unpaired) electrons. The van der Waals surface area contributed by atoms with Crippen LogP contribution in [0.15, 0.2) is 18.2 Å². The predicted molar refractivity (Wildman–Crippen MR) is 85.3 cm³/mol. The Hall–Kier alpha value is -0.570. The van der Waals surface area contributed by atoms with Crippen molar-refractivity contribution in [3.8, 4) is 0 Å². The Morgan fingerprint density at radius 3 is 2.45 bits per heavy atom. The molecule has 112 valence electrons. The van der Waals surface area contributed by atoms with Gasteiger partial charge in [0.1, 0.15) is 0 Å². The molecule has 0 spiro atoms. The first-order valence-corrected chi connectivity index (χ1v) is 7.98. The first kappa shape index (κ1) is 15.8. The van der Waals surface area contributed by atoms with Crippen molar-refractivity contribution < 1.29 is 4.74 Å². The van der Waals surface area contributed by atoms with Crippen LogP contribution in [0.5, 0.6) is 0 Å². The molecule has 5 unspecified atom stereocenters. The second kappa shape index (κ2) is 6.46. The van der Waals surface area contributed by atoms with E-state index in [9.17, 15) is 0 Å². The zero-order chi connectivity index (χ0) is 14.9. The van der Waals surface area contributed by atoms with Crippen LogP contribution in [0.3, 0.4) is 0 Å².